The molecule has 0 bridgehead atoms. The summed E-state index contributed by atoms with van der Waals surface area (Å²) in [5, 5.41) is 12.2. The Morgan fingerprint density at radius 1 is 0.920 bits per heavy atom. The second-order valence-electron chi connectivity index (χ2n) is 8.31. The van der Waals surface area contributed by atoms with Crippen molar-refractivity contribution in [2.75, 3.05) is 45.0 Å². The Bertz CT molecular complexity index is 1300. The van der Waals surface area contributed by atoms with Crippen LogP contribution in [-0.2, 0) is 37.0 Å². The number of halogens is 8. The van der Waals surface area contributed by atoms with E-state index in [9.17, 15) is 31.1 Å². The predicted octanol–water partition coefficient (Wildman–Crippen LogP) is 3.30. The predicted molar refractivity (Wildman–Crippen MR) is 167 cm³/mol. The first-order chi connectivity index (χ1) is 20.3. The molecule has 0 aliphatic carbocycles. The minimum absolute atomic E-state index is 0. The van der Waals surface area contributed by atoms with Crippen molar-refractivity contribution in [3.05, 3.63) is 68.9 Å². The van der Waals surface area contributed by atoms with Gasteiger partial charge in [0.1, 0.15) is 12.4 Å². The molecular weight excluding hydrogens is 772 g/mol. The first-order valence-corrected chi connectivity index (χ1v) is 14.1. The van der Waals surface area contributed by atoms with Gasteiger partial charge in [-0.05, 0) is 23.7 Å². The molecule has 15 nitrogen and oxygen atoms in total. The number of aliphatic hydroxyl groups is 1. The summed E-state index contributed by atoms with van der Waals surface area (Å²) in [5.41, 5.74) is 4.59. The molecule has 6 N–H and O–H groups in total. The second-order valence-corrected chi connectivity index (χ2v) is 10.0. The molecule has 2 unspecified atom stereocenters. The summed E-state index contributed by atoms with van der Waals surface area (Å²) in [6, 6.07) is 0.398. The summed E-state index contributed by atoms with van der Waals surface area (Å²) in [5.74, 6) is -0.803. The van der Waals surface area contributed by atoms with Gasteiger partial charge in [-0.25, -0.2) is 0 Å². The standard InChI is InChI=1S/C13H9F6NO2.C4H5N3O2.C4H6O.CH2Cl2.3CH4.Na.H2O4S.2H2O/c14-12(15,16)7-1-6(2-8(3-7)13(17,18)19)11(21)20-9-4-22-5-10(9)20;5-7-6-3-1-9-2-4(3)8;1-2-4-5-3-1;2-1-3;;;;;1-5(2,3)4;;/h1-3,9-10H,4-5H2;8H,1-2H2;1-2H,3-4H2;1H2;3*1H4;;(H2,1,2,3,4);2*1H2/q;;;;;;;+1;;;/p-1. The van der Waals surface area contributed by atoms with E-state index in [1.165, 1.54) is 4.90 Å². The van der Waals surface area contributed by atoms with Crippen LogP contribution in [0.4, 0.5) is 26.3 Å². The van der Waals surface area contributed by atoms with Crippen LogP contribution >= 0.6 is 23.2 Å². The van der Waals surface area contributed by atoms with Crippen LogP contribution in [0.15, 0.2) is 46.9 Å². The van der Waals surface area contributed by atoms with Crippen molar-refractivity contribution in [3.8, 4) is 0 Å². The molecule has 288 valence electrons. The van der Waals surface area contributed by atoms with Crippen LogP contribution in [0.3, 0.4) is 0 Å². The zero-order chi connectivity index (χ0) is 33.7. The van der Waals surface area contributed by atoms with Crippen molar-refractivity contribution in [2.24, 2.45) is 5.11 Å². The van der Waals surface area contributed by atoms with Crippen molar-refractivity contribution >= 4 is 39.5 Å². The average Bonchev–Trinajstić information content (AvgIpc) is 3.44. The number of alkyl halides is 8. The second kappa shape index (κ2) is 27.7. The molecule has 1 aromatic rings. The summed E-state index contributed by atoms with van der Waals surface area (Å²) < 4.78 is 123. The van der Waals surface area contributed by atoms with Gasteiger partial charge in [-0.1, -0.05) is 39.5 Å². The third kappa shape index (κ3) is 22.8. The average molecular weight is 812 g/mol. The Kier molecular flexibility index (Phi) is 33.4. The van der Waals surface area contributed by atoms with Gasteiger partial charge in [-0.15, -0.1) is 23.2 Å². The number of rotatable bonds is 2. The van der Waals surface area contributed by atoms with Crippen LogP contribution in [0.25, 0.3) is 10.4 Å². The molecule has 50 heavy (non-hydrogen) atoms. The number of carbonyl (C=O) groups excluding carboxylic acids is 1. The van der Waals surface area contributed by atoms with E-state index in [4.69, 9.17) is 65.6 Å². The van der Waals surface area contributed by atoms with Crippen LogP contribution in [-0.4, -0.2) is 101 Å². The fourth-order valence-electron chi connectivity index (χ4n) is 3.45. The third-order valence-corrected chi connectivity index (χ3v) is 5.29. The third-order valence-electron chi connectivity index (χ3n) is 5.29. The minimum atomic E-state index is -4.96. The zero-order valence-electron chi connectivity index (χ0n) is 24.0. The summed E-state index contributed by atoms with van der Waals surface area (Å²) in [6.45, 7) is 2.52. The largest absolute Gasteiger partial charge is 1.00 e. The van der Waals surface area contributed by atoms with E-state index in [-0.39, 0.29) is 124 Å². The van der Waals surface area contributed by atoms with E-state index in [1.54, 1.807) is 0 Å². The van der Waals surface area contributed by atoms with Crippen molar-refractivity contribution < 1.29 is 108 Å². The number of ether oxygens (including phenoxy) is 3. The Labute approximate surface area is 317 Å². The fraction of sp³-hybridized carbons (Fsp3) is 0.560. The van der Waals surface area contributed by atoms with Gasteiger partial charge in [0.25, 0.3) is 5.91 Å². The molecule has 2 atom stereocenters. The molecule has 0 aromatic heterocycles. The molecule has 0 saturated carbocycles. The summed E-state index contributed by atoms with van der Waals surface area (Å²) in [6.07, 6.45) is -5.90. The van der Waals surface area contributed by atoms with E-state index in [0.717, 1.165) is 13.2 Å². The number of hydrogen-bond acceptors (Lipinski definition) is 9. The molecule has 4 heterocycles. The van der Waals surface area contributed by atoms with E-state index in [0.29, 0.717) is 12.1 Å². The molecule has 5 rings (SSSR count). The summed E-state index contributed by atoms with van der Waals surface area (Å²) in [7, 11) is -4.67. The Morgan fingerprint density at radius 2 is 1.32 bits per heavy atom. The molecule has 4 aliphatic heterocycles. The maximum absolute atomic E-state index is 12.7. The molecule has 2 saturated heterocycles. The number of morpholine rings is 1. The van der Waals surface area contributed by atoms with Crippen LogP contribution in [0.1, 0.15) is 43.8 Å². The van der Waals surface area contributed by atoms with Crippen LogP contribution in [0.5, 0.6) is 0 Å². The molecule has 1 aromatic carbocycles. The Hall–Kier alpha value is -1.89. The quantitative estimate of drug-likeness (QED) is 0.0452. The number of benzene rings is 1. The first kappa shape index (κ1) is 60.2. The van der Waals surface area contributed by atoms with Crippen LogP contribution in [0.2, 0.25) is 0 Å². The Morgan fingerprint density at radius 3 is 1.60 bits per heavy atom. The molecule has 1 amide bonds. The molecular formula is C25H39Cl2F6N4NaO11S. The molecule has 25 heteroatoms. The number of aliphatic hydroxyl groups excluding tert-OH is 1. The topological polar surface area (TPSA) is 253 Å². The number of hydrogen-bond donors (Lipinski definition) is 3. The number of nitrogens with zero attached hydrogens (tertiary/aromatic N) is 4. The number of azide groups is 1. The van der Waals surface area contributed by atoms with Crippen molar-refractivity contribution in [1.82, 2.24) is 4.90 Å². The van der Waals surface area contributed by atoms with Gasteiger partial charge in [0.2, 0.25) is 0 Å². The fourth-order valence-corrected chi connectivity index (χ4v) is 3.45. The maximum atomic E-state index is 12.7. The van der Waals surface area contributed by atoms with Gasteiger partial charge >= 0.3 is 52.3 Å². The maximum Gasteiger partial charge on any atom is 1.00 e. The SMILES string of the molecule is C.C.C.C1=CCOC1.ClCCl.O.O=C(c1cc(C(F)(F)F)cc(C(F)(F)F)c1)N1C2COCC21.O=S(=O)(O)O.[N-]=[N+]=NC1=C(O)COC1.[Na+].[OH-]. The van der Waals surface area contributed by atoms with Crippen molar-refractivity contribution in [2.45, 2.75) is 46.7 Å². The number of amides is 1. The van der Waals surface area contributed by atoms with Crippen molar-refractivity contribution in [1.29, 1.82) is 0 Å². The van der Waals surface area contributed by atoms with E-state index >= 15 is 0 Å². The van der Waals surface area contributed by atoms with E-state index in [2.05, 4.69) is 10.0 Å². The summed E-state index contributed by atoms with van der Waals surface area (Å²) in [4.78, 5) is 15.9. The number of carbonyl (C=O) groups is 1. The minimum Gasteiger partial charge on any atom is -0.870 e. The molecule has 4 aliphatic rings. The molecule has 2 fully saturated rings. The van der Waals surface area contributed by atoms with Crippen molar-refractivity contribution in [3.63, 3.8) is 0 Å². The summed E-state index contributed by atoms with van der Waals surface area (Å²) >= 11 is 9.53. The van der Waals surface area contributed by atoms with Gasteiger partial charge in [0.15, 0.2) is 0 Å². The first-order valence-electron chi connectivity index (χ1n) is 11.6. The smallest absolute Gasteiger partial charge is 0.870 e. The van der Waals surface area contributed by atoms with E-state index < -0.39 is 45.3 Å². The van der Waals surface area contributed by atoms with E-state index in [1.807, 2.05) is 12.2 Å². The van der Waals surface area contributed by atoms with Crippen LogP contribution in [0, 0.1) is 0 Å². The number of fused-ring (bicyclic) bond motifs is 1. The van der Waals surface area contributed by atoms with Gasteiger partial charge in [-0.3, -0.25) is 13.9 Å². The normalized spacial score (nSPS) is 17.5. The monoisotopic (exact) mass is 810 g/mol. The molecule has 0 radical (unpaired) electrons. The Balaban J connectivity index is -0.000000145. The van der Waals surface area contributed by atoms with Gasteiger partial charge in [0.05, 0.1) is 67.3 Å². The molecule has 0 spiro atoms. The van der Waals surface area contributed by atoms with Gasteiger partial charge in [-0.2, -0.15) is 34.8 Å². The zero-order valence-corrected chi connectivity index (χ0v) is 28.3. The van der Waals surface area contributed by atoms with Gasteiger partial charge in [0, 0.05) is 10.5 Å². The van der Waals surface area contributed by atoms with Gasteiger partial charge < -0.3 is 35.2 Å². The van der Waals surface area contributed by atoms with Crippen LogP contribution < -0.4 is 29.6 Å².